The van der Waals surface area contributed by atoms with E-state index in [1.54, 1.807) is 0 Å². The van der Waals surface area contributed by atoms with Crippen LogP contribution in [0.25, 0.3) is 10.9 Å². The van der Waals surface area contributed by atoms with Crippen molar-refractivity contribution in [2.45, 2.75) is 25.2 Å². The highest BCUT2D eigenvalue weighted by atomic mass is 16.5. The second kappa shape index (κ2) is 5.64. The summed E-state index contributed by atoms with van der Waals surface area (Å²) in [4.78, 5) is 16.6. The predicted octanol–water partition coefficient (Wildman–Crippen LogP) is 3.02. The van der Waals surface area contributed by atoms with E-state index in [4.69, 9.17) is 15.5 Å². The Hall–Kier alpha value is -2.73. The molecule has 2 saturated heterocycles. The molecule has 28 heavy (non-hydrogen) atoms. The molecule has 4 heterocycles. The third-order valence-corrected chi connectivity index (χ3v) is 6.36. The maximum atomic E-state index is 6.06. The van der Waals surface area contributed by atoms with Gasteiger partial charge in [-0.3, -0.25) is 4.98 Å². The molecule has 2 N–H and O–H groups in total. The number of fused-ring (bicyclic) bond motifs is 1. The van der Waals surface area contributed by atoms with E-state index < -0.39 is 0 Å². The summed E-state index contributed by atoms with van der Waals surface area (Å²) in [6.45, 7) is 5.92. The van der Waals surface area contributed by atoms with Crippen LogP contribution in [0.2, 0.25) is 0 Å². The number of nitrogens with two attached hydrogens (primary N) is 1. The number of rotatable bonds is 3. The first kappa shape index (κ1) is 16.2. The fourth-order valence-electron chi connectivity index (χ4n) is 4.66. The zero-order chi connectivity index (χ0) is 18.9. The van der Waals surface area contributed by atoms with Crippen molar-refractivity contribution in [2.75, 3.05) is 36.9 Å². The monoisotopic (exact) mass is 373 g/mol. The molecule has 6 rings (SSSR count). The maximum Gasteiger partial charge on any atom is 0.132 e. The first-order chi connectivity index (χ1) is 13.6. The Labute approximate surface area is 163 Å². The molecular weight excluding hydrogens is 350 g/mol. The van der Waals surface area contributed by atoms with Crippen LogP contribution >= 0.6 is 0 Å². The number of ether oxygens (including phenoxy) is 1. The van der Waals surface area contributed by atoms with Crippen LogP contribution < -0.4 is 10.6 Å². The average molecular weight is 373 g/mol. The van der Waals surface area contributed by atoms with Crippen molar-refractivity contribution in [3.05, 3.63) is 53.7 Å². The first-order valence-electron chi connectivity index (χ1n) is 9.93. The van der Waals surface area contributed by atoms with Crippen molar-refractivity contribution >= 4 is 22.3 Å². The molecule has 6 heteroatoms. The molecule has 2 atom stereocenters. The molecule has 1 saturated carbocycles. The minimum atomic E-state index is 0.363. The summed E-state index contributed by atoms with van der Waals surface area (Å²) < 4.78 is 5.44. The molecule has 3 fully saturated rings. The summed E-state index contributed by atoms with van der Waals surface area (Å²) in [5.41, 5.74) is 11.6. The molecule has 2 aliphatic heterocycles. The van der Waals surface area contributed by atoms with Crippen LogP contribution in [0.1, 0.15) is 35.5 Å². The summed E-state index contributed by atoms with van der Waals surface area (Å²) in [6.07, 6.45) is 2.91. The minimum Gasteiger partial charge on any atom is -0.399 e. The summed E-state index contributed by atoms with van der Waals surface area (Å²) in [6, 6.07) is 10.3. The van der Waals surface area contributed by atoms with Crippen LogP contribution in [0.15, 0.2) is 36.5 Å². The van der Waals surface area contributed by atoms with Gasteiger partial charge in [-0.25, -0.2) is 9.97 Å². The van der Waals surface area contributed by atoms with Gasteiger partial charge in [-0.15, -0.1) is 0 Å². The Morgan fingerprint density at radius 2 is 1.96 bits per heavy atom. The Balaban J connectivity index is 1.37. The summed E-state index contributed by atoms with van der Waals surface area (Å²) >= 11 is 0. The normalized spacial score (nSPS) is 24.8. The van der Waals surface area contributed by atoms with E-state index in [-0.39, 0.29) is 0 Å². The highest BCUT2D eigenvalue weighted by Crippen LogP contribution is 2.54. The zero-order valence-electron chi connectivity index (χ0n) is 15.9. The van der Waals surface area contributed by atoms with Crippen molar-refractivity contribution in [3.63, 3.8) is 0 Å². The van der Waals surface area contributed by atoms with Gasteiger partial charge in [0.15, 0.2) is 0 Å². The lowest BCUT2D eigenvalue weighted by Gasteiger charge is -2.56. The lowest BCUT2D eigenvalue weighted by Crippen LogP contribution is -2.66. The van der Waals surface area contributed by atoms with Crippen molar-refractivity contribution in [3.8, 4) is 0 Å². The van der Waals surface area contributed by atoms with Gasteiger partial charge in [-0.1, -0.05) is 0 Å². The molecule has 3 aromatic rings. The SMILES string of the molecule is Cc1ccnc([C@H]2C[C@@H]2c2cc(N3CC4(COC4)C3)c3ccc(N)cc3n2)n1. The van der Waals surface area contributed by atoms with Crippen molar-refractivity contribution < 1.29 is 4.74 Å². The quantitative estimate of drug-likeness (QED) is 0.711. The molecule has 0 amide bonds. The van der Waals surface area contributed by atoms with Gasteiger partial charge < -0.3 is 15.4 Å². The van der Waals surface area contributed by atoms with Crippen molar-refractivity contribution in [1.29, 1.82) is 0 Å². The largest absolute Gasteiger partial charge is 0.399 e. The second-order valence-corrected chi connectivity index (χ2v) is 8.70. The Kier molecular flexibility index (Phi) is 3.27. The lowest BCUT2D eigenvalue weighted by atomic mass is 9.77. The average Bonchev–Trinajstić information content (AvgIpc) is 3.39. The van der Waals surface area contributed by atoms with Gasteiger partial charge in [0.2, 0.25) is 0 Å². The number of hydrogen-bond acceptors (Lipinski definition) is 6. The molecule has 2 aromatic heterocycles. The predicted molar refractivity (Wildman–Crippen MR) is 108 cm³/mol. The van der Waals surface area contributed by atoms with Gasteiger partial charge in [-0.2, -0.15) is 0 Å². The first-order valence-corrected chi connectivity index (χ1v) is 9.93. The van der Waals surface area contributed by atoms with Crippen LogP contribution in [0.4, 0.5) is 11.4 Å². The standard InChI is InChI=1S/C22H23N5O/c1-13-4-5-24-21(25-13)17-7-16(17)19-8-20(27-9-22(10-27)11-28-12-22)15-3-2-14(23)6-18(15)26-19/h2-6,8,16-17H,7,9-12,23H2,1H3/t16-,17-/m0/s1. The molecule has 1 spiro atoms. The maximum absolute atomic E-state index is 6.06. The topological polar surface area (TPSA) is 77.2 Å². The molecule has 3 aliphatic rings. The fraction of sp³-hybridized carbons (Fsp3) is 0.409. The molecule has 0 bridgehead atoms. The Bertz CT molecular complexity index is 1090. The number of hydrogen-bond donors (Lipinski definition) is 1. The van der Waals surface area contributed by atoms with Gasteiger partial charge >= 0.3 is 0 Å². The third kappa shape index (κ3) is 2.48. The fourth-order valence-corrected chi connectivity index (χ4v) is 4.66. The number of nitrogens with zero attached hydrogens (tertiary/aromatic N) is 4. The van der Waals surface area contributed by atoms with E-state index in [0.29, 0.717) is 17.3 Å². The Morgan fingerprint density at radius 1 is 1.11 bits per heavy atom. The minimum absolute atomic E-state index is 0.363. The van der Waals surface area contributed by atoms with E-state index in [0.717, 1.165) is 61.1 Å². The van der Waals surface area contributed by atoms with Gasteiger partial charge in [0, 0.05) is 59.3 Å². The summed E-state index contributed by atoms with van der Waals surface area (Å²) in [7, 11) is 0. The van der Waals surface area contributed by atoms with E-state index in [1.165, 1.54) is 11.1 Å². The molecule has 0 radical (unpaired) electrons. The molecule has 1 aliphatic carbocycles. The third-order valence-electron chi connectivity index (χ3n) is 6.36. The Morgan fingerprint density at radius 3 is 2.71 bits per heavy atom. The molecule has 142 valence electrons. The number of nitrogen functional groups attached to an aromatic ring is 1. The van der Waals surface area contributed by atoms with Crippen molar-refractivity contribution in [1.82, 2.24) is 15.0 Å². The van der Waals surface area contributed by atoms with Crippen LogP contribution in [0.5, 0.6) is 0 Å². The lowest BCUT2D eigenvalue weighted by molar-refractivity contribution is -0.126. The van der Waals surface area contributed by atoms with Crippen LogP contribution in [0, 0.1) is 12.3 Å². The highest BCUT2D eigenvalue weighted by molar-refractivity contribution is 5.94. The number of anilines is 2. The molecule has 0 unspecified atom stereocenters. The highest BCUT2D eigenvalue weighted by Gasteiger charge is 2.50. The van der Waals surface area contributed by atoms with Gasteiger partial charge in [0.25, 0.3) is 0 Å². The summed E-state index contributed by atoms with van der Waals surface area (Å²) in [5.74, 6) is 1.69. The van der Waals surface area contributed by atoms with Crippen molar-refractivity contribution in [2.24, 2.45) is 5.41 Å². The smallest absolute Gasteiger partial charge is 0.132 e. The van der Waals surface area contributed by atoms with E-state index in [9.17, 15) is 0 Å². The zero-order valence-corrected chi connectivity index (χ0v) is 15.9. The van der Waals surface area contributed by atoms with E-state index in [2.05, 4.69) is 27.0 Å². The number of aryl methyl sites for hydroxylation is 1. The van der Waals surface area contributed by atoms with E-state index in [1.807, 2.05) is 31.3 Å². The number of pyridine rings is 1. The van der Waals surface area contributed by atoms with E-state index >= 15 is 0 Å². The van der Waals surface area contributed by atoms with Gasteiger partial charge in [0.1, 0.15) is 5.82 Å². The van der Waals surface area contributed by atoms with Crippen LogP contribution in [-0.4, -0.2) is 41.3 Å². The molecular formula is C22H23N5O. The molecule has 1 aromatic carbocycles. The van der Waals surface area contributed by atoms with Crippen LogP contribution in [0.3, 0.4) is 0 Å². The van der Waals surface area contributed by atoms with Gasteiger partial charge in [-0.05, 0) is 43.7 Å². The number of aromatic nitrogens is 3. The van der Waals surface area contributed by atoms with Crippen LogP contribution in [-0.2, 0) is 4.74 Å². The van der Waals surface area contributed by atoms with Gasteiger partial charge in [0.05, 0.1) is 24.1 Å². The molecule has 6 nitrogen and oxygen atoms in total. The second-order valence-electron chi connectivity index (χ2n) is 8.70. The summed E-state index contributed by atoms with van der Waals surface area (Å²) in [5, 5.41) is 1.18. The number of benzene rings is 1.